The van der Waals surface area contributed by atoms with Crippen LogP contribution in [-0.4, -0.2) is 35.7 Å². The molecule has 0 saturated heterocycles. The highest BCUT2D eigenvalue weighted by molar-refractivity contribution is 5.96. The largest absolute Gasteiger partial charge is 0.339 e. The molecule has 0 atom stereocenters. The number of pyridine rings is 1. The van der Waals surface area contributed by atoms with Gasteiger partial charge in [-0.2, -0.15) is 9.61 Å². The first-order chi connectivity index (χ1) is 14.1. The van der Waals surface area contributed by atoms with Crippen molar-refractivity contribution in [3.8, 4) is 22.5 Å². The molecular formula is C20H15N7O2. The van der Waals surface area contributed by atoms with Gasteiger partial charge in [0.25, 0.3) is 5.56 Å². The zero-order valence-corrected chi connectivity index (χ0v) is 15.3. The van der Waals surface area contributed by atoms with Gasteiger partial charge in [-0.25, -0.2) is 0 Å². The molecule has 0 radical (unpaired) electrons. The Bertz CT molecular complexity index is 1430. The molecule has 0 aliphatic heterocycles. The van der Waals surface area contributed by atoms with Crippen LogP contribution in [0.3, 0.4) is 0 Å². The highest BCUT2D eigenvalue weighted by Gasteiger charge is 2.19. The summed E-state index contributed by atoms with van der Waals surface area (Å²) in [4.78, 5) is 32.1. The predicted molar refractivity (Wildman–Crippen MR) is 108 cm³/mol. The van der Waals surface area contributed by atoms with E-state index in [1.807, 2.05) is 24.3 Å². The molecule has 0 aliphatic rings. The van der Waals surface area contributed by atoms with Crippen molar-refractivity contribution in [2.45, 2.75) is 6.92 Å². The maximum atomic E-state index is 12.8. The number of amides is 1. The molecule has 0 spiro atoms. The minimum absolute atomic E-state index is 0.270. The SMILES string of the molecule is CC(=O)Nc1nn2c(=O)cc(-c3ccc4[nH]ncc4c3)[nH]c2c1-c1ccccn1. The minimum Gasteiger partial charge on any atom is -0.339 e. The number of anilines is 1. The van der Waals surface area contributed by atoms with Gasteiger partial charge in [0.05, 0.1) is 28.7 Å². The second-order valence-corrected chi connectivity index (χ2v) is 6.57. The van der Waals surface area contributed by atoms with E-state index in [4.69, 9.17) is 0 Å². The lowest BCUT2D eigenvalue weighted by atomic mass is 10.1. The third-order valence-corrected chi connectivity index (χ3v) is 4.58. The van der Waals surface area contributed by atoms with E-state index >= 15 is 0 Å². The number of aromatic amines is 2. The van der Waals surface area contributed by atoms with Crippen LogP contribution < -0.4 is 10.9 Å². The first-order valence-electron chi connectivity index (χ1n) is 8.89. The lowest BCUT2D eigenvalue weighted by Crippen LogP contribution is -2.15. The molecule has 1 aromatic carbocycles. The fourth-order valence-electron chi connectivity index (χ4n) is 3.31. The predicted octanol–water partition coefficient (Wildman–Crippen LogP) is 2.59. The summed E-state index contributed by atoms with van der Waals surface area (Å²) >= 11 is 0. The van der Waals surface area contributed by atoms with Crippen LogP contribution in [0.4, 0.5) is 5.82 Å². The van der Waals surface area contributed by atoms with Crippen LogP contribution in [-0.2, 0) is 4.79 Å². The van der Waals surface area contributed by atoms with Gasteiger partial charge in [-0.3, -0.25) is 19.7 Å². The molecule has 29 heavy (non-hydrogen) atoms. The Morgan fingerprint density at radius 3 is 2.86 bits per heavy atom. The molecule has 9 nitrogen and oxygen atoms in total. The molecule has 0 saturated carbocycles. The molecular weight excluding hydrogens is 370 g/mol. The molecule has 0 aliphatic carbocycles. The van der Waals surface area contributed by atoms with Crippen molar-refractivity contribution >= 4 is 28.3 Å². The van der Waals surface area contributed by atoms with Crippen LogP contribution in [0.5, 0.6) is 0 Å². The van der Waals surface area contributed by atoms with Crippen molar-refractivity contribution in [2.75, 3.05) is 5.32 Å². The smallest absolute Gasteiger partial charge is 0.274 e. The Balaban J connectivity index is 1.78. The molecule has 5 rings (SSSR count). The van der Waals surface area contributed by atoms with Gasteiger partial charge in [0.1, 0.15) is 5.65 Å². The number of aromatic nitrogens is 6. The Labute approximate surface area is 163 Å². The summed E-state index contributed by atoms with van der Waals surface area (Å²) in [5.41, 5.74) is 3.61. The summed E-state index contributed by atoms with van der Waals surface area (Å²) in [5.74, 6) is -0.0179. The first kappa shape index (κ1) is 16.9. The number of carbonyl (C=O) groups excluding carboxylic acids is 1. The van der Waals surface area contributed by atoms with Crippen molar-refractivity contribution in [3.05, 3.63) is 65.2 Å². The van der Waals surface area contributed by atoms with E-state index in [2.05, 4.69) is 30.6 Å². The summed E-state index contributed by atoms with van der Waals surface area (Å²) in [6.45, 7) is 1.39. The van der Waals surface area contributed by atoms with Crippen LogP contribution >= 0.6 is 0 Å². The van der Waals surface area contributed by atoms with Gasteiger partial charge in [-0.05, 0) is 29.8 Å². The molecule has 0 fully saturated rings. The third kappa shape index (κ3) is 2.85. The topological polar surface area (TPSA) is 121 Å². The van der Waals surface area contributed by atoms with Crippen LogP contribution in [0, 0.1) is 0 Å². The van der Waals surface area contributed by atoms with Crippen LogP contribution in [0.2, 0.25) is 0 Å². The standard InChI is InChI=1S/C20H15N7O2/c1-11(28)23-19-18(15-4-2-3-7-21-15)20-24-16(9-17(29)27(20)26-19)12-5-6-14-13(8-12)10-22-25-14/h2-10,24H,1H3,(H,22,25)(H,23,26,28). The van der Waals surface area contributed by atoms with Gasteiger partial charge in [-0.1, -0.05) is 12.1 Å². The minimum atomic E-state index is -0.324. The Morgan fingerprint density at radius 1 is 1.17 bits per heavy atom. The number of hydrogen-bond donors (Lipinski definition) is 3. The Morgan fingerprint density at radius 2 is 2.07 bits per heavy atom. The lowest BCUT2D eigenvalue weighted by molar-refractivity contribution is -0.114. The highest BCUT2D eigenvalue weighted by atomic mass is 16.1. The van der Waals surface area contributed by atoms with E-state index in [1.165, 1.54) is 17.5 Å². The number of hydrogen-bond acceptors (Lipinski definition) is 5. The Kier molecular flexibility index (Phi) is 3.73. The molecule has 4 heterocycles. The lowest BCUT2D eigenvalue weighted by Gasteiger charge is -2.05. The summed E-state index contributed by atoms with van der Waals surface area (Å²) in [6.07, 6.45) is 3.37. The summed E-state index contributed by atoms with van der Waals surface area (Å²) in [6, 6.07) is 12.6. The van der Waals surface area contributed by atoms with Gasteiger partial charge in [0, 0.05) is 24.6 Å². The van der Waals surface area contributed by atoms with Gasteiger partial charge >= 0.3 is 0 Å². The zero-order valence-electron chi connectivity index (χ0n) is 15.3. The Hall–Kier alpha value is -4.27. The number of nitrogens with zero attached hydrogens (tertiary/aromatic N) is 4. The average Bonchev–Trinajstić information content (AvgIpc) is 3.32. The van der Waals surface area contributed by atoms with E-state index in [9.17, 15) is 9.59 Å². The second-order valence-electron chi connectivity index (χ2n) is 6.57. The van der Waals surface area contributed by atoms with Crippen LogP contribution in [0.1, 0.15) is 6.92 Å². The van der Waals surface area contributed by atoms with Crippen molar-refractivity contribution in [3.63, 3.8) is 0 Å². The average molecular weight is 385 g/mol. The summed E-state index contributed by atoms with van der Waals surface area (Å²) in [7, 11) is 0. The number of H-pyrrole nitrogens is 2. The molecule has 4 aromatic heterocycles. The van der Waals surface area contributed by atoms with E-state index in [1.54, 1.807) is 24.5 Å². The molecule has 9 heteroatoms. The highest BCUT2D eigenvalue weighted by Crippen LogP contribution is 2.30. The van der Waals surface area contributed by atoms with Crippen molar-refractivity contribution < 1.29 is 4.79 Å². The van der Waals surface area contributed by atoms with Gasteiger partial charge < -0.3 is 10.3 Å². The third-order valence-electron chi connectivity index (χ3n) is 4.58. The zero-order chi connectivity index (χ0) is 20.0. The fourth-order valence-corrected chi connectivity index (χ4v) is 3.31. The number of nitrogens with one attached hydrogen (secondary N) is 3. The number of benzene rings is 1. The van der Waals surface area contributed by atoms with E-state index < -0.39 is 0 Å². The van der Waals surface area contributed by atoms with E-state index in [0.29, 0.717) is 22.6 Å². The van der Waals surface area contributed by atoms with Crippen LogP contribution in [0.25, 0.3) is 39.1 Å². The summed E-state index contributed by atoms with van der Waals surface area (Å²) < 4.78 is 1.23. The molecule has 0 bridgehead atoms. The normalized spacial score (nSPS) is 11.2. The number of fused-ring (bicyclic) bond motifs is 2. The quantitative estimate of drug-likeness (QED) is 0.441. The molecule has 1 amide bonds. The first-order valence-corrected chi connectivity index (χ1v) is 8.89. The van der Waals surface area contributed by atoms with Gasteiger partial charge in [-0.15, -0.1) is 5.10 Å². The van der Waals surface area contributed by atoms with Gasteiger partial charge in [0.15, 0.2) is 5.82 Å². The molecule has 3 N–H and O–H groups in total. The molecule has 5 aromatic rings. The summed E-state index contributed by atoms with van der Waals surface area (Å²) in [5, 5.41) is 14.8. The van der Waals surface area contributed by atoms with E-state index in [0.717, 1.165) is 16.5 Å². The monoisotopic (exact) mass is 385 g/mol. The van der Waals surface area contributed by atoms with Crippen molar-refractivity contribution in [1.29, 1.82) is 0 Å². The van der Waals surface area contributed by atoms with Gasteiger partial charge in [0.2, 0.25) is 5.91 Å². The van der Waals surface area contributed by atoms with Crippen molar-refractivity contribution in [2.24, 2.45) is 0 Å². The maximum absolute atomic E-state index is 12.8. The molecule has 0 unspecified atom stereocenters. The van der Waals surface area contributed by atoms with Crippen LogP contribution in [0.15, 0.2) is 59.7 Å². The fraction of sp³-hybridized carbons (Fsp3) is 0.0500. The van der Waals surface area contributed by atoms with E-state index in [-0.39, 0.29) is 17.3 Å². The molecule has 142 valence electrons. The number of rotatable bonds is 3. The maximum Gasteiger partial charge on any atom is 0.274 e. The van der Waals surface area contributed by atoms with Crippen molar-refractivity contribution in [1.82, 2.24) is 29.8 Å². The number of carbonyl (C=O) groups is 1. The second kappa shape index (κ2) is 6.41.